The van der Waals surface area contributed by atoms with Crippen LogP contribution in [0.2, 0.25) is 0 Å². The summed E-state index contributed by atoms with van der Waals surface area (Å²) >= 11 is 0. The Morgan fingerprint density at radius 2 is 1.83 bits per heavy atom. The first-order valence-electron chi connectivity index (χ1n) is 10.2. The van der Waals surface area contributed by atoms with Gasteiger partial charge in [0, 0.05) is 36.1 Å². The van der Waals surface area contributed by atoms with Crippen LogP contribution in [0.4, 0.5) is 4.39 Å². The molecule has 0 bridgehead atoms. The number of benzene rings is 2. The van der Waals surface area contributed by atoms with E-state index in [1.54, 1.807) is 6.07 Å². The van der Waals surface area contributed by atoms with Gasteiger partial charge < -0.3 is 20.1 Å². The zero-order valence-corrected chi connectivity index (χ0v) is 16.6. The molecule has 2 aliphatic heterocycles. The zero-order chi connectivity index (χ0) is 20.8. The summed E-state index contributed by atoms with van der Waals surface area (Å²) in [6.07, 6.45) is -0.746. The molecule has 7 heteroatoms. The number of carbonyl (C=O) groups excluding carboxylic acids is 2. The van der Waals surface area contributed by atoms with Gasteiger partial charge in [-0.05, 0) is 17.7 Å². The van der Waals surface area contributed by atoms with Crippen LogP contribution in [0.3, 0.4) is 0 Å². The normalized spacial score (nSPS) is 28.3. The average molecular weight is 410 g/mol. The van der Waals surface area contributed by atoms with Gasteiger partial charge in [0.15, 0.2) is 0 Å². The van der Waals surface area contributed by atoms with Crippen molar-refractivity contribution in [1.82, 2.24) is 10.6 Å². The zero-order valence-electron chi connectivity index (χ0n) is 16.6. The second-order valence-corrected chi connectivity index (χ2v) is 8.08. The van der Waals surface area contributed by atoms with Crippen LogP contribution in [-0.4, -0.2) is 50.9 Å². The second kappa shape index (κ2) is 7.40. The van der Waals surface area contributed by atoms with E-state index in [0.29, 0.717) is 41.9 Å². The van der Waals surface area contributed by atoms with Crippen LogP contribution in [0, 0.1) is 11.8 Å². The molecule has 6 nitrogen and oxygen atoms in total. The van der Waals surface area contributed by atoms with Crippen molar-refractivity contribution in [2.24, 2.45) is 11.8 Å². The molecule has 1 saturated carbocycles. The topological polar surface area (TPSA) is 76.7 Å². The van der Waals surface area contributed by atoms with E-state index in [1.165, 1.54) is 13.1 Å². The largest absolute Gasteiger partial charge is 0.486 e. The second-order valence-electron chi connectivity index (χ2n) is 8.08. The first-order chi connectivity index (χ1) is 14.6. The molecule has 0 radical (unpaired) electrons. The summed E-state index contributed by atoms with van der Waals surface area (Å²) in [5.74, 6) is 0.0909. The highest BCUT2D eigenvalue weighted by Crippen LogP contribution is 2.46. The fraction of sp³-hybridized carbons (Fsp3) is 0.391. The van der Waals surface area contributed by atoms with Crippen molar-refractivity contribution < 1.29 is 23.5 Å². The smallest absolute Gasteiger partial charge is 0.254 e. The Balaban J connectivity index is 1.54. The van der Waals surface area contributed by atoms with E-state index in [0.717, 1.165) is 5.56 Å². The molecule has 5 rings (SSSR count). The van der Waals surface area contributed by atoms with E-state index in [2.05, 4.69) is 10.6 Å². The maximum absolute atomic E-state index is 13.9. The number of rotatable bonds is 5. The van der Waals surface area contributed by atoms with Gasteiger partial charge in [0.05, 0.1) is 24.7 Å². The number of fused-ring (bicyclic) bond motifs is 2. The summed E-state index contributed by atoms with van der Waals surface area (Å²) in [6.45, 7) is 0.644. The Labute approximate surface area is 173 Å². The average Bonchev–Trinajstić information content (AvgIpc) is 3.14. The van der Waals surface area contributed by atoms with Crippen LogP contribution in [0.25, 0.3) is 0 Å². The van der Waals surface area contributed by atoms with Gasteiger partial charge in [0.2, 0.25) is 0 Å². The highest BCUT2D eigenvalue weighted by Gasteiger charge is 2.54. The quantitative estimate of drug-likeness (QED) is 0.793. The van der Waals surface area contributed by atoms with Gasteiger partial charge in [-0.15, -0.1) is 0 Å². The standard InChI is InChI=1S/C23H23FN2O4/c1-25-23(28)15-8-13(22(27)26-20-16-10-29-11-17(16)20)7-14-19(12-5-3-2-4-6-12)18(9-24)30-21(14)15/h2-8,16-20H,9-11H2,1H3,(H,25,28)(H,26,27)/t16-,17+,18-,19-,20?/m1/s1. The molecule has 2 heterocycles. The fourth-order valence-electron chi connectivity index (χ4n) is 4.73. The van der Waals surface area contributed by atoms with Gasteiger partial charge in [0.25, 0.3) is 11.8 Å². The maximum Gasteiger partial charge on any atom is 0.254 e. The predicted molar refractivity (Wildman–Crippen MR) is 108 cm³/mol. The summed E-state index contributed by atoms with van der Waals surface area (Å²) in [5.41, 5.74) is 2.17. The van der Waals surface area contributed by atoms with Gasteiger partial charge in [-0.3, -0.25) is 9.59 Å². The van der Waals surface area contributed by atoms with Gasteiger partial charge in [-0.25, -0.2) is 4.39 Å². The maximum atomic E-state index is 13.9. The monoisotopic (exact) mass is 410 g/mol. The molecule has 156 valence electrons. The van der Waals surface area contributed by atoms with Crippen molar-refractivity contribution in [3.63, 3.8) is 0 Å². The Morgan fingerprint density at radius 3 is 2.50 bits per heavy atom. The summed E-state index contributed by atoms with van der Waals surface area (Å²) in [6, 6.07) is 12.8. The molecule has 3 aliphatic rings. The molecular formula is C23H23FN2O4. The number of ether oxygens (including phenoxy) is 2. The third-order valence-corrected chi connectivity index (χ3v) is 6.39. The minimum atomic E-state index is -0.746. The summed E-state index contributed by atoms with van der Waals surface area (Å²) < 4.78 is 25.1. The van der Waals surface area contributed by atoms with Crippen molar-refractivity contribution in [3.05, 3.63) is 64.7 Å². The third-order valence-electron chi connectivity index (χ3n) is 6.39. The van der Waals surface area contributed by atoms with Crippen LogP contribution in [0.1, 0.15) is 37.8 Å². The van der Waals surface area contributed by atoms with Crippen LogP contribution in [0.15, 0.2) is 42.5 Å². The number of halogens is 1. The first kappa shape index (κ1) is 19.1. The van der Waals surface area contributed by atoms with E-state index in [-0.39, 0.29) is 23.4 Å². The summed E-state index contributed by atoms with van der Waals surface area (Å²) in [4.78, 5) is 25.5. The number of carbonyl (C=O) groups is 2. The SMILES string of the molecule is CNC(=O)c1cc(C(=O)NC2[C@H]3COC[C@@H]23)cc2c1O[C@H](CF)[C@@H]2c1ccccc1. The van der Waals surface area contributed by atoms with Crippen molar-refractivity contribution >= 4 is 11.8 Å². The Bertz CT molecular complexity index is 986. The Kier molecular flexibility index (Phi) is 4.70. The molecule has 1 unspecified atom stereocenters. The van der Waals surface area contributed by atoms with Gasteiger partial charge in [0.1, 0.15) is 18.5 Å². The lowest BCUT2D eigenvalue weighted by molar-refractivity contribution is 0.0929. The molecule has 0 aromatic heterocycles. The molecule has 2 aromatic carbocycles. The lowest BCUT2D eigenvalue weighted by Gasteiger charge is -2.16. The number of nitrogens with one attached hydrogen (secondary N) is 2. The molecular weight excluding hydrogens is 387 g/mol. The molecule has 2 N–H and O–H groups in total. The minimum Gasteiger partial charge on any atom is -0.486 e. The molecule has 1 saturated heterocycles. The Hall–Kier alpha value is -2.93. The predicted octanol–water partition coefficient (Wildman–Crippen LogP) is 2.28. The van der Waals surface area contributed by atoms with Gasteiger partial charge in [-0.2, -0.15) is 0 Å². The van der Waals surface area contributed by atoms with Crippen molar-refractivity contribution in [2.75, 3.05) is 26.9 Å². The van der Waals surface area contributed by atoms with Gasteiger partial charge >= 0.3 is 0 Å². The lowest BCUT2D eigenvalue weighted by Crippen LogP contribution is -2.30. The van der Waals surface area contributed by atoms with E-state index in [4.69, 9.17) is 9.47 Å². The summed E-state index contributed by atoms with van der Waals surface area (Å²) in [7, 11) is 1.52. The van der Waals surface area contributed by atoms with Crippen molar-refractivity contribution in [3.8, 4) is 5.75 Å². The molecule has 2 fully saturated rings. The minimum absolute atomic E-state index is 0.114. The molecule has 2 aromatic rings. The highest BCUT2D eigenvalue weighted by atomic mass is 19.1. The number of hydrogen-bond acceptors (Lipinski definition) is 4. The Morgan fingerprint density at radius 1 is 1.10 bits per heavy atom. The fourth-order valence-corrected chi connectivity index (χ4v) is 4.73. The number of alkyl halides is 1. The van der Waals surface area contributed by atoms with E-state index < -0.39 is 18.7 Å². The van der Waals surface area contributed by atoms with E-state index in [9.17, 15) is 14.0 Å². The molecule has 2 amide bonds. The van der Waals surface area contributed by atoms with Crippen LogP contribution < -0.4 is 15.4 Å². The molecule has 30 heavy (non-hydrogen) atoms. The highest BCUT2D eigenvalue weighted by molar-refractivity contribution is 6.02. The molecule has 0 spiro atoms. The summed E-state index contributed by atoms with van der Waals surface area (Å²) in [5, 5.41) is 5.65. The third kappa shape index (κ3) is 3.04. The lowest BCUT2D eigenvalue weighted by atomic mass is 9.86. The van der Waals surface area contributed by atoms with Crippen molar-refractivity contribution in [2.45, 2.75) is 18.1 Å². The van der Waals surface area contributed by atoms with E-state index in [1.807, 2.05) is 30.3 Å². The van der Waals surface area contributed by atoms with Gasteiger partial charge in [-0.1, -0.05) is 30.3 Å². The van der Waals surface area contributed by atoms with Crippen molar-refractivity contribution in [1.29, 1.82) is 0 Å². The first-order valence-corrected chi connectivity index (χ1v) is 10.2. The van der Waals surface area contributed by atoms with E-state index >= 15 is 0 Å². The molecule has 1 aliphatic carbocycles. The van der Waals surface area contributed by atoms with Crippen LogP contribution in [-0.2, 0) is 4.74 Å². The van der Waals surface area contributed by atoms with Crippen LogP contribution in [0.5, 0.6) is 5.75 Å². The number of hydrogen-bond donors (Lipinski definition) is 2. The number of amides is 2. The van der Waals surface area contributed by atoms with Crippen LogP contribution >= 0.6 is 0 Å². The molecule has 5 atom stereocenters.